The molecule has 9 nitrogen and oxygen atoms in total. The maximum atomic E-state index is 12.5. The fourth-order valence-electron chi connectivity index (χ4n) is 2.17. The van der Waals surface area contributed by atoms with Crippen molar-refractivity contribution in [2.45, 2.75) is 26.3 Å². The summed E-state index contributed by atoms with van der Waals surface area (Å²) in [4.78, 5) is 40.7. The molecule has 0 aliphatic rings. The smallest absolute Gasteiger partial charge is 0.331 e. The molecule has 3 rings (SSSR count). The quantitative estimate of drug-likeness (QED) is 0.724. The zero-order chi connectivity index (χ0) is 18.4. The molecule has 0 radical (unpaired) electrons. The summed E-state index contributed by atoms with van der Waals surface area (Å²) in [5, 5.41) is 17.5. The monoisotopic (exact) mass is 361 g/mol. The third kappa shape index (κ3) is 2.80. The second-order valence-electron chi connectivity index (χ2n) is 5.96. The number of aryl methyl sites for hydroxylation is 1. The highest BCUT2D eigenvalue weighted by molar-refractivity contribution is 7.15. The van der Waals surface area contributed by atoms with Crippen LogP contribution in [-0.4, -0.2) is 36.1 Å². The van der Waals surface area contributed by atoms with Crippen molar-refractivity contribution in [1.82, 2.24) is 19.2 Å². The maximum absolute atomic E-state index is 12.5. The predicted octanol–water partition coefficient (Wildman–Crippen LogP) is 1.33. The number of amides is 1. The lowest BCUT2D eigenvalue weighted by Gasteiger charge is -2.19. The number of hydrogen-bond donors (Lipinski definition) is 2. The summed E-state index contributed by atoms with van der Waals surface area (Å²) in [6.45, 7) is 4.72. The summed E-state index contributed by atoms with van der Waals surface area (Å²) >= 11 is 1.31. The summed E-state index contributed by atoms with van der Waals surface area (Å²) in [5.74, 6) is -1.69. The predicted molar refractivity (Wildman–Crippen MR) is 91.2 cm³/mol. The number of thiazole rings is 1. The van der Waals surface area contributed by atoms with Gasteiger partial charge in [0.2, 0.25) is 0 Å². The molecule has 0 aliphatic heterocycles. The van der Waals surface area contributed by atoms with Crippen molar-refractivity contribution in [2.24, 2.45) is 0 Å². The maximum Gasteiger partial charge on any atom is 0.331 e. The van der Waals surface area contributed by atoms with Gasteiger partial charge in [-0.2, -0.15) is 5.10 Å². The van der Waals surface area contributed by atoms with Gasteiger partial charge in [0.15, 0.2) is 10.5 Å². The van der Waals surface area contributed by atoms with Gasteiger partial charge in [-0.1, -0.05) is 0 Å². The van der Waals surface area contributed by atoms with E-state index in [1.807, 2.05) is 0 Å². The average Bonchev–Trinajstić information content (AvgIpc) is 3.15. The number of fused-ring (bicyclic) bond motifs is 1. The molecule has 2 N–H and O–H groups in total. The molecule has 0 bridgehead atoms. The van der Waals surface area contributed by atoms with Gasteiger partial charge in [-0.15, -0.1) is 11.3 Å². The molecule has 3 aromatic rings. The number of aliphatic carboxylic acids is 1. The second kappa shape index (κ2) is 5.81. The van der Waals surface area contributed by atoms with Gasteiger partial charge in [-0.25, -0.2) is 9.78 Å². The Labute approximate surface area is 145 Å². The van der Waals surface area contributed by atoms with Crippen LogP contribution in [0.1, 0.15) is 29.9 Å². The van der Waals surface area contributed by atoms with Gasteiger partial charge in [0.1, 0.15) is 5.56 Å². The molecule has 10 heteroatoms. The van der Waals surface area contributed by atoms with Crippen LogP contribution in [0, 0.1) is 6.92 Å². The van der Waals surface area contributed by atoms with Crippen LogP contribution in [0.25, 0.3) is 4.96 Å². The number of aromatic nitrogens is 4. The molecule has 0 saturated heterocycles. The molecule has 0 unspecified atom stereocenters. The van der Waals surface area contributed by atoms with Crippen molar-refractivity contribution >= 4 is 33.9 Å². The van der Waals surface area contributed by atoms with E-state index >= 15 is 0 Å². The molecule has 3 heterocycles. The Kier molecular flexibility index (Phi) is 3.91. The highest BCUT2D eigenvalue weighted by Crippen LogP contribution is 2.18. The highest BCUT2D eigenvalue weighted by Gasteiger charge is 2.30. The molecule has 3 aromatic heterocycles. The van der Waals surface area contributed by atoms with Gasteiger partial charge in [0, 0.05) is 23.5 Å². The number of anilines is 1. The average molecular weight is 361 g/mol. The van der Waals surface area contributed by atoms with Crippen LogP contribution < -0.4 is 10.9 Å². The van der Waals surface area contributed by atoms with Crippen molar-refractivity contribution < 1.29 is 14.7 Å². The van der Waals surface area contributed by atoms with Crippen molar-refractivity contribution in [1.29, 1.82) is 0 Å². The van der Waals surface area contributed by atoms with Crippen molar-refractivity contribution in [2.75, 3.05) is 5.32 Å². The van der Waals surface area contributed by atoms with Crippen LogP contribution in [0.15, 0.2) is 28.8 Å². The number of carbonyl (C=O) groups excluding carboxylic acids is 1. The Balaban J connectivity index is 1.90. The van der Waals surface area contributed by atoms with E-state index in [1.165, 1.54) is 52.9 Å². The van der Waals surface area contributed by atoms with Gasteiger partial charge in [0.25, 0.3) is 11.5 Å². The summed E-state index contributed by atoms with van der Waals surface area (Å²) in [5.41, 5.74) is -0.852. The van der Waals surface area contributed by atoms with E-state index in [0.29, 0.717) is 10.7 Å². The van der Waals surface area contributed by atoms with E-state index in [1.54, 1.807) is 12.3 Å². The number of carboxylic acid groups (broad SMARTS) is 1. The fourth-order valence-corrected chi connectivity index (χ4v) is 3.00. The first-order valence-electron chi connectivity index (χ1n) is 7.27. The largest absolute Gasteiger partial charge is 0.479 e. The minimum Gasteiger partial charge on any atom is -0.479 e. The molecule has 0 spiro atoms. The topological polar surface area (TPSA) is 119 Å². The number of hydrogen-bond acceptors (Lipinski definition) is 6. The Bertz CT molecular complexity index is 1050. The number of nitrogens with one attached hydrogen (secondary N) is 1. The van der Waals surface area contributed by atoms with Crippen LogP contribution in [0.5, 0.6) is 0 Å². The minimum absolute atomic E-state index is 0.107. The van der Waals surface area contributed by atoms with E-state index in [0.717, 1.165) is 0 Å². The van der Waals surface area contributed by atoms with Crippen molar-refractivity contribution in [3.8, 4) is 0 Å². The zero-order valence-electron chi connectivity index (χ0n) is 13.7. The molecule has 0 fully saturated rings. The molecule has 0 aromatic carbocycles. The molecule has 0 saturated carbocycles. The molecule has 130 valence electrons. The molecule has 1 amide bonds. The third-order valence-electron chi connectivity index (χ3n) is 3.80. The number of carbonyl (C=O) groups is 2. The highest BCUT2D eigenvalue weighted by atomic mass is 32.1. The van der Waals surface area contributed by atoms with E-state index in [4.69, 9.17) is 0 Å². The lowest BCUT2D eigenvalue weighted by molar-refractivity contribution is -0.146. The van der Waals surface area contributed by atoms with Crippen molar-refractivity contribution in [3.63, 3.8) is 0 Å². The Hall–Kier alpha value is -3.01. The Morgan fingerprint density at radius 2 is 2.04 bits per heavy atom. The fraction of sp³-hybridized carbons (Fsp3) is 0.267. The molecule has 0 aliphatic carbocycles. The molecule has 25 heavy (non-hydrogen) atoms. The van der Waals surface area contributed by atoms with Gasteiger partial charge < -0.3 is 10.4 Å². The standard InChI is InChI=1S/C15H15N5O4S/c1-8-7-25-14-16-5-10(12(22)20(8)14)11(21)18-9-4-17-19(6-9)15(2,3)13(23)24/h4-7H,1-3H3,(H,18,21)(H,23,24). The lowest BCUT2D eigenvalue weighted by atomic mass is 10.1. The number of rotatable bonds is 4. The van der Waals surface area contributed by atoms with Crippen LogP contribution in [0.3, 0.4) is 0 Å². The SMILES string of the molecule is Cc1csc2ncc(C(=O)Nc3cnn(C(C)(C)C(=O)O)c3)c(=O)n12. The minimum atomic E-state index is -1.27. The van der Waals surface area contributed by atoms with E-state index in [-0.39, 0.29) is 11.3 Å². The van der Waals surface area contributed by atoms with Crippen LogP contribution in [0.2, 0.25) is 0 Å². The lowest BCUT2D eigenvalue weighted by Crippen LogP contribution is -2.35. The van der Waals surface area contributed by atoms with Crippen molar-refractivity contribution in [3.05, 3.63) is 45.6 Å². The second-order valence-corrected chi connectivity index (χ2v) is 6.80. The van der Waals surface area contributed by atoms with Gasteiger partial charge in [-0.3, -0.25) is 18.7 Å². The number of nitrogens with zero attached hydrogens (tertiary/aromatic N) is 4. The van der Waals surface area contributed by atoms with Gasteiger partial charge in [-0.05, 0) is 20.8 Å². The van der Waals surface area contributed by atoms with Gasteiger partial charge >= 0.3 is 5.97 Å². The first kappa shape index (κ1) is 16.8. The zero-order valence-corrected chi connectivity index (χ0v) is 14.5. The third-order valence-corrected chi connectivity index (χ3v) is 4.76. The Morgan fingerprint density at radius 3 is 2.72 bits per heavy atom. The van der Waals surface area contributed by atoms with Crippen LogP contribution >= 0.6 is 11.3 Å². The molecule has 0 atom stereocenters. The number of carboxylic acids is 1. The Morgan fingerprint density at radius 1 is 1.32 bits per heavy atom. The normalized spacial score (nSPS) is 11.6. The summed E-state index contributed by atoms with van der Waals surface area (Å²) in [7, 11) is 0. The summed E-state index contributed by atoms with van der Waals surface area (Å²) < 4.78 is 2.60. The first-order valence-corrected chi connectivity index (χ1v) is 8.15. The van der Waals surface area contributed by atoms with Gasteiger partial charge in [0.05, 0.1) is 11.9 Å². The summed E-state index contributed by atoms with van der Waals surface area (Å²) in [6.07, 6.45) is 3.95. The van der Waals surface area contributed by atoms with Crippen LogP contribution in [-0.2, 0) is 10.3 Å². The van der Waals surface area contributed by atoms with E-state index in [9.17, 15) is 19.5 Å². The summed E-state index contributed by atoms with van der Waals surface area (Å²) in [6, 6.07) is 0. The molecular formula is C15H15N5O4S. The first-order chi connectivity index (χ1) is 11.7. The van der Waals surface area contributed by atoms with E-state index < -0.39 is 23.0 Å². The van der Waals surface area contributed by atoms with Crippen LogP contribution in [0.4, 0.5) is 5.69 Å². The molecular weight excluding hydrogens is 346 g/mol. The van der Waals surface area contributed by atoms with E-state index in [2.05, 4.69) is 15.4 Å².